The van der Waals surface area contributed by atoms with Crippen LogP contribution in [0.3, 0.4) is 0 Å². The number of benzene rings is 2. The van der Waals surface area contributed by atoms with E-state index in [1.807, 2.05) is 0 Å². The Kier molecular flexibility index (Phi) is 4.37. The van der Waals surface area contributed by atoms with Gasteiger partial charge < -0.3 is 15.2 Å². The second-order valence-electron chi connectivity index (χ2n) is 4.28. The van der Waals surface area contributed by atoms with E-state index in [1.165, 1.54) is 19.2 Å². The first kappa shape index (κ1) is 14.8. The van der Waals surface area contributed by atoms with Crippen molar-refractivity contribution in [3.63, 3.8) is 0 Å². The fraction of sp³-hybridized carbons (Fsp3) is 0.133. The van der Waals surface area contributed by atoms with Crippen molar-refractivity contribution in [3.8, 4) is 5.75 Å². The van der Waals surface area contributed by atoms with Crippen LogP contribution in [-0.4, -0.2) is 13.1 Å². The molecule has 6 heteroatoms. The van der Waals surface area contributed by atoms with Crippen LogP contribution < -0.4 is 10.5 Å². The van der Waals surface area contributed by atoms with Crippen LogP contribution in [0.25, 0.3) is 0 Å². The van der Waals surface area contributed by atoms with Gasteiger partial charge in [0.25, 0.3) is 0 Å². The second-order valence-corrected chi connectivity index (χ2v) is 4.28. The van der Waals surface area contributed by atoms with Crippen molar-refractivity contribution in [1.29, 1.82) is 0 Å². The highest BCUT2D eigenvalue weighted by atomic mass is 19.1. The fourth-order valence-electron chi connectivity index (χ4n) is 1.84. The van der Waals surface area contributed by atoms with Crippen molar-refractivity contribution in [2.75, 3.05) is 12.8 Å². The number of ether oxygens (including phenoxy) is 2. The van der Waals surface area contributed by atoms with Gasteiger partial charge in [0, 0.05) is 11.8 Å². The van der Waals surface area contributed by atoms with Crippen LogP contribution in [0.1, 0.15) is 15.9 Å². The Bertz CT molecular complexity index is 654. The molecule has 4 nitrogen and oxygen atoms in total. The van der Waals surface area contributed by atoms with E-state index in [1.54, 1.807) is 6.07 Å². The lowest BCUT2D eigenvalue weighted by atomic mass is 10.1. The van der Waals surface area contributed by atoms with Crippen molar-refractivity contribution in [3.05, 3.63) is 59.2 Å². The van der Waals surface area contributed by atoms with E-state index in [4.69, 9.17) is 10.5 Å². The molecule has 0 aliphatic heterocycles. The van der Waals surface area contributed by atoms with Crippen molar-refractivity contribution in [2.45, 2.75) is 6.61 Å². The van der Waals surface area contributed by atoms with Crippen molar-refractivity contribution >= 4 is 11.7 Å². The number of hydrogen-bond acceptors (Lipinski definition) is 4. The van der Waals surface area contributed by atoms with Crippen LogP contribution in [0, 0.1) is 11.6 Å². The Hall–Kier alpha value is -2.63. The molecule has 0 aliphatic rings. The highest BCUT2D eigenvalue weighted by Crippen LogP contribution is 2.26. The molecule has 0 atom stereocenters. The van der Waals surface area contributed by atoms with Gasteiger partial charge in [-0.3, -0.25) is 0 Å². The molecule has 2 aromatic carbocycles. The maximum atomic E-state index is 13.1. The minimum absolute atomic E-state index is 0.0804. The molecule has 21 heavy (non-hydrogen) atoms. The number of hydrogen-bond donors (Lipinski definition) is 1. The third-order valence-electron chi connectivity index (χ3n) is 2.76. The zero-order chi connectivity index (χ0) is 15.4. The molecule has 2 rings (SSSR count). The number of halogens is 2. The molecule has 0 amide bonds. The summed E-state index contributed by atoms with van der Waals surface area (Å²) in [5.41, 5.74) is 6.29. The zero-order valence-corrected chi connectivity index (χ0v) is 11.2. The second kappa shape index (κ2) is 6.21. The average Bonchev–Trinajstić information content (AvgIpc) is 2.43. The Morgan fingerprint density at radius 1 is 1.19 bits per heavy atom. The lowest BCUT2D eigenvalue weighted by Gasteiger charge is -2.12. The van der Waals surface area contributed by atoms with Crippen molar-refractivity contribution in [1.82, 2.24) is 0 Å². The van der Waals surface area contributed by atoms with Crippen LogP contribution in [-0.2, 0) is 11.3 Å². The normalized spacial score (nSPS) is 10.2. The van der Waals surface area contributed by atoms with E-state index in [9.17, 15) is 13.6 Å². The van der Waals surface area contributed by atoms with E-state index in [-0.39, 0.29) is 23.6 Å². The summed E-state index contributed by atoms with van der Waals surface area (Å²) in [7, 11) is 1.22. The van der Waals surface area contributed by atoms with Crippen LogP contribution in [0.4, 0.5) is 14.5 Å². The van der Waals surface area contributed by atoms with Gasteiger partial charge in [-0.1, -0.05) is 6.07 Å². The van der Waals surface area contributed by atoms with Crippen molar-refractivity contribution < 1.29 is 23.0 Å². The van der Waals surface area contributed by atoms with E-state index >= 15 is 0 Å². The van der Waals surface area contributed by atoms with Gasteiger partial charge in [0.15, 0.2) is 0 Å². The maximum Gasteiger partial charge on any atom is 0.343 e. The van der Waals surface area contributed by atoms with Crippen LogP contribution in [0.2, 0.25) is 0 Å². The summed E-state index contributed by atoms with van der Waals surface area (Å²) in [5, 5.41) is 0. The Balaban J connectivity index is 2.24. The Labute approximate surface area is 120 Å². The molecule has 0 unspecified atom stereocenters. The molecule has 0 bridgehead atoms. The predicted molar refractivity (Wildman–Crippen MR) is 72.9 cm³/mol. The van der Waals surface area contributed by atoms with Gasteiger partial charge in [-0.2, -0.15) is 0 Å². The molecule has 0 aromatic heterocycles. The molecule has 110 valence electrons. The topological polar surface area (TPSA) is 61.5 Å². The zero-order valence-electron chi connectivity index (χ0n) is 11.2. The third-order valence-corrected chi connectivity index (χ3v) is 2.76. The molecular weight excluding hydrogens is 280 g/mol. The van der Waals surface area contributed by atoms with E-state index in [2.05, 4.69) is 4.74 Å². The first-order valence-corrected chi connectivity index (χ1v) is 6.06. The lowest BCUT2D eigenvalue weighted by molar-refractivity contribution is 0.0597. The first-order chi connectivity index (χ1) is 10.0. The maximum absolute atomic E-state index is 13.1. The summed E-state index contributed by atoms with van der Waals surface area (Å²) in [6.07, 6.45) is 0. The summed E-state index contributed by atoms with van der Waals surface area (Å²) < 4.78 is 36.2. The fourth-order valence-corrected chi connectivity index (χ4v) is 1.84. The molecule has 0 spiro atoms. The molecule has 0 heterocycles. The summed E-state index contributed by atoms with van der Waals surface area (Å²) in [6, 6.07) is 7.72. The molecule has 0 radical (unpaired) electrons. The smallest absolute Gasteiger partial charge is 0.343 e. The number of anilines is 1. The van der Waals surface area contributed by atoms with Gasteiger partial charge in [0.05, 0.1) is 7.11 Å². The molecule has 0 saturated carbocycles. The summed E-state index contributed by atoms with van der Waals surface area (Å²) in [6.45, 7) is -0.109. The summed E-state index contributed by atoms with van der Waals surface area (Å²) in [4.78, 5) is 11.7. The van der Waals surface area contributed by atoms with E-state index in [0.29, 0.717) is 5.56 Å². The SMILES string of the molecule is COC(=O)c1c(N)cccc1OCc1cc(F)cc(F)c1. The Morgan fingerprint density at radius 2 is 1.86 bits per heavy atom. The molecular formula is C15H13F2NO3. The minimum Gasteiger partial charge on any atom is -0.488 e. The van der Waals surface area contributed by atoms with Gasteiger partial charge in [0.1, 0.15) is 29.6 Å². The number of nitrogens with two attached hydrogens (primary N) is 1. The molecule has 0 fully saturated rings. The molecule has 0 aliphatic carbocycles. The van der Waals surface area contributed by atoms with Gasteiger partial charge >= 0.3 is 5.97 Å². The van der Waals surface area contributed by atoms with Crippen LogP contribution >= 0.6 is 0 Å². The Morgan fingerprint density at radius 3 is 2.48 bits per heavy atom. The number of methoxy groups -OCH3 is 1. The molecule has 2 N–H and O–H groups in total. The van der Waals surface area contributed by atoms with Gasteiger partial charge in [-0.25, -0.2) is 13.6 Å². The van der Waals surface area contributed by atoms with Gasteiger partial charge in [-0.15, -0.1) is 0 Å². The van der Waals surface area contributed by atoms with Crippen LogP contribution in [0.5, 0.6) is 5.75 Å². The average molecular weight is 293 g/mol. The third kappa shape index (κ3) is 3.47. The van der Waals surface area contributed by atoms with E-state index in [0.717, 1.165) is 18.2 Å². The predicted octanol–water partition coefficient (Wildman–Crippen LogP) is 2.91. The standard InChI is InChI=1S/C15H13F2NO3/c1-20-15(19)14-12(18)3-2-4-13(14)21-8-9-5-10(16)7-11(17)6-9/h2-7H,8,18H2,1H3. The van der Waals surface area contributed by atoms with Gasteiger partial charge in [0.2, 0.25) is 0 Å². The molecule has 0 saturated heterocycles. The highest BCUT2D eigenvalue weighted by molar-refractivity contribution is 5.98. The highest BCUT2D eigenvalue weighted by Gasteiger charge is 2.16. The number of esters is 1. The monoisotopic (exact) mass is 293 g/mol. The summed E-state index contributed by atoms with van der Waals surface area (Å²) >= 11 is 0. The largest absolute Gasteiger partial charge is 0.488 e. The first-order valence-electron chi connectivity index (χ1n) is 6.06. The minimum atomic E-state index is -0.700. The van der Waals surface area contributed by atoms with Crippen molar-refractivity contribution in [2.24, 2.45) is 0 Å². The number of rotatable bonds is 4. The number of carbonyl (C=O) groups excluding carboxylic acids is 1. The summed E-state index contributed by atoms with van der Waals surface area (Å²) in [5.74, 6) is -1.86. The number of nitrogen functional groups attached to an aromatic ring is 1. The molecule has 2 aromatic rings. The van der Waals surface area contributed by atoms with E-state index < -0.39 is 17.6 Å². The van der Waals surface area contributed by atoms with Gasteiger partial charge in [-0.05, 0) is 29.8 Å². The number of carbonyl (C=O) groups is 1. The van der Waals surface area contributed by atoms with Crippen LogP contribution in [0.15, 0.2) is 36.4 Å². The quantitative estimate of drug-likeness (QED) is 0.695. The lowest BCUT2D eigenvalue weighted by Crippen LogP contribution is -2.09.